The molecule has 2 amide bonds. The molecular formula is C22H29N3O2. The van der Waals surface area contributed by atoms with Crippen molar-refractivity contribution in [3.63, 3.8) is 0 Å². The highest BCUT2D eigenvalue weighted by molar-refractivity contribution is 5.92. The molecule has 0 bridgehead atoms. The SMILES string of the molecule is CC[C@H](NC(=O)CN(C)CC(=O)Nc1ccc(C)cc1)c1ccc(C)cc1. The number of anilines is 1. The van der Waals surface area contributed by atoms with Crippen molar-refractivity contribution in [3.8, 4) is 0 Å². The number of hydrogen-bond acceptors (Lipinski definition) is 3. The van der Waals surface area contributed by atoms with Gasteiger partial charge in [0.25, 0.3) is 0 Å². The number of rotatable bonds is 8. The van der Waals surface area contributed by atoms with Crippen LogP contribution < -0.4 is 10.6 Å². The summed E-state index contributed by atoms with van der Waals surface area (Å²) in [5.41, 5.74) is 4.19. The van der Waals surface area contributed by atoms with Gasteiger partial charge >= 0.3 is 0 Å². The van der Waals surface area contributed by atoms with Gasteiger partial charge in [0.05, 0.1) is 19.1 Å². The first-order valence-electron chi connectivity index (χ1n) is 9.28. The normalized spacial score (nSPS) is 11.9. The van der Waals surface area contributed by atoms with Crippen LogP contribution in [-0.4, -0.2) is 36.9 Å². The molecular weight excluding hydrogens is 338 g/mol. The van der Waals surface area contributed by atoms with Crippen LogP contribution in [0, 0.1) is 13.8 Å². The molecule has 2 aromatic carbocycles. The molecule has 0 aliphatic heterocycles. The molecule has 0 fully saturated rings. The highest BCUT2D eigenvalue weighted by Gasteiger charge is 2.15. The minimum absolute atomic E-state index is 0.0205. The zero-order valence-electron chi connectivity index (χ0n) is 16.6. The summed E-state index contributed by atoms with van der Waals surface area (Å²) in [6.07, 6.45) is 0.812. The van der Waals surface area contributed by atoms with Gasteiger partial charge in [-0.15, -0.1) is 0 Å². The molecule has 0 aliphatic carbocycles. The lowest BCUT2D eigenvalue weighted by Crippen LogP contribution is -2.40. The van der Waals surface area contributed by atoms with Crippen LogP contribution in [0.3, 0.4) is 0 Å². The van der Waals surface area contributed by atoms with Gasteiger partial charge in [-0.05, 0) is 45.0 Å². The Kier molecular flexibility index (Phi) is 7.55. The predicted molar refractivity (Wildman–Crippen MR) is 110 cm³/mol. The molecule has 1 atom stereocenters. The van der Waals surface area contributed by atoms with Crippen LogP contribution in [0.2, 0.25) is 0 Å². The fraction of sp³-hybridized carbons (Fsp3) is 0.364. The summed E-state index contributed by atoms with van der Waals surface area (Å²) in [7, 11) is 1.77. The zero-order valence-corrected chi connectivity index (χ0v) is 16.6. The Bertz CT molecular complexity index is 754. The first kappa shape index (κ1) is 20.6. The van der Waals surface area contributed by atoms with E-state index in [2.05, 4.69) is 10.6 Å². The zero-order chi connectivity index (χ0) is 19.8. The van der Waals surface area contributed by atoms with E-state index in [4.69, 9.17) is 0 Å². The van der Waals surface area contributed by atoms with E-state index in [1.54, 1.807) is 11.9 Å². The number of hydrogen-bond donors (Lipinski definition) is 2. The Balaban J connectivity index is 1.82. The summed E-state index contributed by atoms with van der Waals surface area (Å²) in [4.78, 5) is 26.2. The third kappa shape index (κ3) is 6.87. The van der Waals surface area contributed by atoms with Crippen molar-refractivity contribution in [2.75, 3.05) is 25.5 Å². The summed E-state index contributed by atoms with van der Waals surface area (Å²) >= 11 is 0. The highest BCUT2D eigenvalue weighted by Crippen LogP contribution is 2.17. The molecule has 0 spiro atoms. The number of aryl methyl sites for hydroxylation is 2. The maximum Gasteiger partial charge on any atom is 0.238 e. The van der Waals surface area contributed by atoms with E-state index >= 15 is 0 Å². The quantitative estimate of drug-likeness (QED) is 0.751. The second kappa shape index (κ2) is 9.88. The van der Waals surface area contributed by atoms with Crippen molar-refractivity contribution >= 4 is 17.5 Å². The first-order chi connectivity index (χ1) is 12.9. The Morgan fingerprint density at radius 2 is 1.41 bits per heavy atom. The van der Waals surface area contributed by atoms with Crippen molar-refractivity contribution in [1.82, 2.24) is 10.2 Å². The smallest absolute Gasteiger partial charge is 0.238 e. The summed E-state index contributed by atoms with van der Waals surface area (Å²) < 4.78 is 0. The fourth-order valence-corrected chi connectivity index (χ4v) is 2.84. The molecule has 0 aliphatic rings. The number of likely N-dealkylation sites (N-methyl/N-ethyl adjacent to an activating group) is 1. The van der Waals surface area contributed by atoms with E-state index < -0.39 is 0 Å². The Labute approximate surface area is 161 Å². The first-order valence-corrected chi connectivity index (χ1v) is 9.28. The molecule has 144 valence electrons. The van der Waals surface area contributed by atoms with E-state index in [9.17, 15) is 9.59 Å². The standard InChI is InChI=1S/C22H29N3O2/c1-5-20(18-10-6-16(2)7-11-18)24-22(27)15-25(4)14-21(26)23-19-12-8-17(3)9-13-19/h6-13,20H,5,14-15H2,1-4H3,(H,23,26)(H,24,27)/t20-/m0/s1. The molecule has 0 saturated carbocycles. The van der Waals surface area contributed by atoms with Gasteiger partial charge in [0.1, 0.15) is 0 Å². The van der Waals surface area contributed by atoms with Gasteiger partial charge in [-0.2, -0.15) is 0 Å². The van der Waals surface area contributed by atoms with E-state index in [1.807, 2.05) is 69.3 Å². The molecule has 0 radical (unpaired) electrons. The van der Waals surface area contributed by atoms with E-state index in [0.29, 0.717) is 0 Å². The molecule has 5 heteroatoms. The average Bonchev–Trinajstić information content (AvgIpc) is 2.62. The van der Waals surface area contributed by atoms with E-state index in [0.717, 1.165) is 23.2 Å². The molecule has 0 unspecified atom stereocenters. The highest BCUT2D eigenvalue weighted by atomic mass is 16.2. The van der Waals surface area contributed by atoms with Crippen molar-refractivity contribution < 1.29 is 9.59 Å². The molecule has 0 aromatic heterocycles. The third-order valence-electron chi connectivity index (χ3n) is 4.39. The van der Waals surface area contributed by atoms with Gasteiger partial charge in [-0.1, -0.05) is 54.4 Å². The molecule has 5 nitrogen and oxygen atoms in total. The minimum atomic E-state index is -0.139. The van der Waals surface area contributed by atoms with Crippen LogP contribution in [0.1, 0.15) is 36.1 Å². The Hall–Kier alpha value is -2.66. The van der Waals surface area contributed by atoms with Gasteiger partial charge < -0.3 is 10.6 Å². The van der Waals surface area contributed by atoms with Crippen molar-refractivity contribution in [3.05, 3.63) is 65.2 Å². The topological polar surface area (TPSA) is 61.4 Å². The largest absolute Gasteiger partial charge is 0.348 e. The van der Waals surface area contributed by atoms with Gasteiger partial charge in [0.15, 0.2) is 0 Å². The number of carbonyl (C=O) groups is 2. The number of benzene rings is 2. The predicted octanol–water partition coefficient (Wildman–Crippen LogP) is 3.44. The number of nitrogens with one attached hydrogen (secondary N) is 2. The van der Waals surface area contributed by atoms with Crippen molar-refractivity contribution in [2.45, 2.75) is 33.2 Å². The number of nitrogens with zero attached hydrogens (tertiary/aromatic N) is 1. The van der Waals surface area contributed by atoms with Gasteiger partial charge in [-0.3, -0.25) is 14.5 Å². The van der Waals surface area contributed by atoms with E-state index in [-0.39, 0.29) is 30.9 Å². The number of carbonyl (C=O) groups excluding carboxylic acids is 2. The molecule has 0 saturated heterocycles. The minimum Gasteiger partial charge on any atom is -0.348 e. The molecule has 2 rings (SSSR count). The summed E-state index contributed by atoms with van der Waals surface area (Å²) in [5.74, 6) is -0.229. The second-order valence-electron chi connectivity index (χ2n) is 7.03. The Morgan fingerprint density at radius 3 is 1.96 bits per heavy atom. The van der Waals surface area contributed by atoms with Crippen LogP contribution in [0.4, 0.5) is 5.69 Å². The van der Waals surface area contributed by atoms with Crippen LogP contribution in [0.25, 0.3) is 0 Å². The summed E-state index contributed by atoms with van der Waals surface area (Å²) in [6, 6.07) is 15.8. The lowest BCUT2D eigenvalue weighted by molar-refractivity contribution is -0.123. The van der Waals surface area contributed by atoms with Gasteiger partial charge in [0.2, 0.25) is 11.8 Å². The van der Waals surface area contributed by atoms with Crippen LogP contribution in [0.5, 0.6) is 0 Å². The summed E-state index contributed by atoms with van der Waals surface area (Å²) in [6.45, 7) is 6.41. The van der Waals surface area contributed by atoms with Crippen LogP contribution in [-0.2, 0) is 9.59 Å². The average molecular weight is 367 g/mol. The lowest BCUT2D eigenvalue weighted by Gasteiger charge is -2.21. The molecule has 2 aromatic rings. The van der Waals surface area contributed by atoms with Crippen molar-refractivity contribution in [1.29, 1.82) is 0 Å². The maximum atomic E-state index is 12.4. The van der Waals surface area contributed by atoms with E-state index in [1.165, 1.54) is 5.56 Å². The van der Waals surface area contributed by atoms with Gasteiger partial charge in [0, 0.05) is 5.69 Å². The van der Waals surface area contributed by atoms with Crippen LogP contribution in [0.15, 0.2) is 48.5 Å². The molecule has 0 heterocycles. The number of amides is 2. The van der Waals surface area contributed by atoms with Gasteiger partial charge in [-0.25, -0.2) is 0 Å². The Morgan fingerprint density at radius 1 is 0.889 bits per heavy atom. The maximum absolute atomic E-state index is 12.4. The molecule has 2 N–H and O–H groups in total. The molecule has 27 heavy (non-hydrogen) atoms. The fourth-order valence-electron chi connectivity index (χ4n) is 2.84. The summed E-state index contributed by atoms with van der Waals surface area (Å²) in [5, 5.41) is 5.89. The second-order valence-corrected chi connectivity index (χ2v) is 7.03. The van der Waals surface area contributed by atoms with Crippen molar-refractivity contribution in [2.24, 2.45) is 0 Å². The third-order valence-corrected chi connectivity index (χ3v) is 4.39. The van der Waals surface area contributed by atoms with Crippen LogP contribution >= 0.6 is 0 Å². The lowest BCUT2D eigenvalue weighted by atomic mass is 10.0. The monoisotopic (exact) mass is 367 g/mol.